The summed E-state index contributed by atoms with van der Waals surface area (Å²) in [7, 11) is 0. The van der Waals surface area contributed by atoms with Gasteiger partial charge in [-0.2, -0.15) is 0 Å². The molecule has 1 aromatic carbocycles. The molecule has 0 heterocycles. The molecular formula is C15H22BrNO3. The summed E-state index contributed by atoms with van der Waals surface area (Å²) >= 11 is 3.36. The van der Waals surface area contributed by atoms with Crippen molar-refractivity contribution < 1.29 is 14.6 Å². The zero-order chi connectivity index (χ0) is 15.3. The van der Waals surface area contributed by atoms with Crippen LogP contribution in [0.3, 0.4) is 0 Å². The second kappa shape index (κ2) is 7.64. The van der Waals surface area contributed by atoms with E-state index in [0.29, 0.717) is 23.8 Å². The Balaban J connectivity index is 2.76. The lowest BCUT2D eigenvalue weighted by Gasteiger charge is -2.19. The maximum Gasteiger partial charge on any atom is 0.260 e. The summed E-state index contributed by atoms with van der Waals surface area (Å²) in [5.41, 5.74) is 0.664. The molecule has 20 heavy (non-hydrogen) atoms. The number of rotatable bonds is 6. The Bertz CT molecular complexity index is 460. The van der Waals surface area contributed by atoms with Crippen LogP contribution in [-0.2, 0) is 4.79 Å². The zero-order valence-electron chi connectivity index (χ0n) is 12.3. The van der Waals surface area contributed by atoms with Gasteiger partial charge in [0.25, 0.3) is 5.91 Å². The van der Waals surface area contributed by atoms with Crippen LogP contribution in [0.15, 0.2) is 22.7 Å². The highest BCUT2D eigenvalue weighted by atomic mass is 79.9. The predicted octanol–water partition coefficient (Wildman–Crippen LogP) is 3.04. The van der Waals surface area contributed by atoms with Gasteiger partial charge in [-0.1, -0.05) is 35.8 Å². The van der Waals surface area contributed by atoms with Crippen molar-refractivity contribution >= 4 is 21.8 Å². The lowest BCUT2D eigenvalue weighted by atomic mass is 10.1. The smallest absolute Gasteiger partial charge is 0.260 e. The molecule has 0 spiro atoms. The third kappa shape index (κ3) is 5.13. The highest BCUT2D eigenvalue weighted by Crippen LogP contribution is 2.29. The van der Waals surface area contributed by atoms with Crippen molar-refractivity contribution in [2.45, 2.75) is 39.9 Å². The SMILES string of the molecule is CC(C)CNC(=O)C(C)Oc1cc(Br)ccc1[C@@H](C)O. The maximum atomic E-state index is 11.9. The van der Waals surface area contributed by atoms with E-state index >= 15 is 0 Å². The third-order valence-corrected chi connectivity index (χ3v) is 3.28. The molecule has 0 aromatic heterocycles. The average Bonchev–Trinajstić information content (AvgIpc) is 2.35. The van der Waals surface area contributed by atoms with Crippen molar-refractivity contribution in [3.63, 3.8) is 0 Å². The summed E-state index contributed by atoms with van der Waals surface area (Å²) in [6.07, 6.45) is -1.26. The number of hydrogen-bond acceptors (Lipinski definition) is 3. The maximum absolute atomic E-state index is 11.9. The largest absolute Gasteiger partial charge is 0.480 e. The Morgan fingerprint density at radius 3 is 2.55 bits per heavy atom. The van der Waals surface area contributed by atoms with Gasteiger partial charge in [0.05, 0.1) is 6.10 Å². The van der Waals surface area contributed by atoms with Crippen molar-refractivity contribution in [3.8, 4) is 5.75 Å². The first-order valence-corrected chi connectivity index (χ1v) is 7.52. The van der Waals surface area contributed by atoms with E-state index in [9.17, 15) is 9.90 Å². The van der Waals surface area contributed by atoms with E-state index in [-0.39, 0.29) is 5.91 Å². The minimum Gasteiger partial charge on any atom is -0.480 e. The van der Waals surface area contributed by atoms with Crippen LogP contribution < -0.4 is 10.1 Å². The molecule has 4 nitrogen and oxygen atoms in total. The third-order valence-electron chi connectivity index (χ3n) is 2.78. The molecule has 0 saturated carbocycles. The quantitative estimate of drug-likeness (QED) is 0.834. The van der Waals surface area contributed by atoms with Gasteiger partial charge in [0, 0.05) is 16.6 Å². The van der Waals surface area contributed by atoms with Crippen LogP contribution >= 0.6 is 15.9 Å². The topological polar surface area (TPSA) is 58.6 Å². The first kappa shape index (κ1) is 17.0. The fourth-order valence-corrected chi connectivity index (χ4v) is 1.99. The molecule has 1 aromatic rings. The molecule has 1 unspecified atom stereocenters. The lowest BCUT2D eigenvalue weighted by molar-refractivity contribution is -0.127. The van der Waals surface area contributed by atoms with E-state index in [0.717, 1.165) is 4.47 Å². The van der Waals surface area contributed by atoms with Gasteiger partial charge in [-0.05, 0) is 31.9 Å². The number of aliphatic hydroxyl groups excluding tert-OH is 1. The summed E-state index contributed by atoms with van der Waals surface area (Å²) in [6.45, 7) is 8.05. The average molecular weight is 344 g/mol. The number of benzene rings is 1. The van der Waals surface area contributed by atoms with Crippen molar-refractivity contribution in [2.24, 2.45) is 5.92 Å². The first-order chi connectivity index (χ1) is 9.31. The predicted molar refractivity (Wildman–Crippen MR) is 82.7 cm³/mol. The van der Waals surface area contributed by atoms with Crippen LogP contribution in [0.1, 0.15) is 39.4 Å². The van der Waals surface area contributed by atoms with E-state index in [4.69, 9.17) is 4.74 Å². The fraction of sp³-hybridized carbons (Fsp3) is 0.533. The van der Waals surface area contributed by atoms with Gasteiger partial charge in [0.15, 0.2) is 6.10 Å². The Kier molecular flexibility index (Phi) is 6.49. The first-order valence-electron chi connectivity index (χ1n) is 6.73. The summed E-state index contributed by atoms with van der Waals surface area (Å²) < 4.78 is 6.52. The molecule has 0 aliphatic rings. The summed E-state index contributed by atoms with van der Waals surface area (Å²) in [5, 5.41) is 12.6. The molecule has 0 aliphatic heterocycles. The van der Waals surface area contributed by atoms with Crippen LogP contribution in [0.5, 0.6) is 5.75 Å². The molecule has 0 fully saturated rings. The number of carbonyl (C=O) groups excluding carboxylic acids is 1. The van der Waals surface area contributed by atoms with E-state index < -0.39 is 12.2 Å². The van der Waals surface area contributed by atoms with E-state index in [1.54, 1.807) is 26.0 Å². The van der Waals surface area contributed by atoms with Crippen molar-refractivity contribution in [2.75, 3.05) is 6.54 Å². The molecule has 0 bridgehead atoms. The second-order valence-corrected chi connectivity index (χ2v) is 6.17. The number of halogens is 1. The van der Waals surface area contributed by atoms with Gasteiger partial charge in [-0.25, -0.2) is 0 Å². The molecule has 2 atom stereocenters. The Hall–Kier alpha value is -1.07. The van der Waals surface area contributed by atoms with Crippen molar-refractivity contribution in [3.05, 3.63) is 28.2 Å². The van der Waals surface area contributed by atoms with Crippen LogP contribution in [0.25, 0.3) is 0 Å². The Morgan fingerprint density at radius 2 is 2.00 bits per heavy atom. The second-order valence-electron chi connectivity index (χ2n) is 5.26. The zero-order valence-corrected chi connectivity index (χ0v) is 13.9. The lowest BCUT2D eigenvalue weighted by Crippen LogP contribution is -2.38. The Morgan fingerprint density at radius 1 is 1.35 bits per heavy atom. The van der Waals surface area contributed by atoms with Crippen molar-refractivity contribution in [1.82, 2.24) is 5.32 Å². The summed E-state index contributed by atoms with van der Waals surface area (Å²) in [6, 6.07) is 5.37. The number of carbonyl (C=O) groups is 1. The van der Waals surface area contributed by atoms with Gasteiger partial charge in [0.2, 0.25) is 0 Å². The van der Waals surface area contributed by atoms with E-state index in [1.807, 2.05) is 19.9 Å². The van der Waals surface area contributed by atoms with Gasteiger partial charge < -0.3 is 15.2 Å². The number of amides is 1. The van der Waals surface area contributed by atoms with Crippen LogP contribution in [0.2, 0.25) is 0 Å². The van der Waals surface area contributed by atoms with Gasteiger partial charge in [0.1, 0.15) is 5.75 Å². The monoisotopic (exact) mass is 343 g/mol. The molecule has 0 aliphatic carbocycles. The van der Waals surface area contributed by atoms with Gasteiger partial charge in [-0.3, -0.25) is 4.79 Å². The molecule has 0 saturated heterocycles. The molecule has 112 valence electrons. The Labute approximate surface area is 128 Å². The normalized spacial score (nSPS) is 13.9. The standard InChI is InChI=1S/C15H22BrNO3/c1-9(2)8-17-15(19)11(4)20-14-7-12(16)5-6-13(14)10(3)18/h5-7,9-11,18H,8H2,1-4H3,(H,17,19)/t10-,11?/m1/s1. The number of hydrogen-bond donors (Lipinski definition) is 2. The molecular weight excluding hydrogens is 322 g/mol. The van der Waals surface area contributed by atoms with Gasteiger partial charge >= 0.3 is 0 Å². The number of ether oxygens (including phenoxy) is 1. The highest BCUT2D eigenvalue weighted by molar-refractivity contribution is 9.10. The molecule has 2 N–H and O–H groups in total. The number of aliphatic hydroxyl groups is 1. The summed E-state index contributed by atoms with van der Waals surface area (Å²) in [5.74, 6) is 0.752. The molecule has 1 amide bonds. The van der Waals surface area contributed by atoms with Crippen LogP contribution in [-0.4, -0.2) is 23.7 Å². The minimum atomic E-state index is -0.649. The minimum absolute atomic E-state index is 0.157. The van der Waals surface area contributed by atoms with E-state index in [1.165, 1.54) is 0 Å². The van der Waals surface area contributed by atoms with Crippen molar-refractivity contribution in [1.29, 1.82) is 0 Å². The molecule has 0 radical (unpaired) electrons. The van der Waals surface area contributed by atoms with Crippen LogP contribution in [0.4, 0.5) is 0 Å². The van der Waals surface area contributed by atoms with Crippen LogP contribution in [0, 0.1) is 5.92 Å². The highest BCUT2D eigenvalue weighted by Gasteiger charge is 2.18. The molecule has 5 heteroatoms. The summed E-state index contributed by atoms with van der Waals surface area (Å²) in [4.78, 5) is 11.9. The number of nitrogens with one attached hydrogen (secondary N) is 1. The van der Waals surface area contributed by atoms with Gasteiger partial charge in [-0.15, -0.1) is 0 Å². The fourth-order valence-electron chi connectivity index (χ4n) is 1.65. The van der Waals surface area contributed by atoms with E-state index in [2.05, 4.69) is 21.2 Å². The molecule has 1 rings (SSSR count).